The van der Waals surface area contributed by atoms with E-state index in [1.807, 2.05) is 17.8 Å². The first-order valence-electron chi connectivity index (χ1n) is 7.49. The number of halogens is 1. The quantitative estimate of drug-likeness (QED) is 0.312. The van der Waals surface area contributed by atoms with Crippen molar-refractivity contribution in [2.45, 2.75) is 50.0 Å². The molecule has 0 saturated heterocycles. The SMILES string of the molecule is C=CCCCCCC(CSc1ccc(Br)cc1)NCC. The number of thioether (sulfide) groups is 1. The van der Waals surface area contributed by atoms with Gasteiger partial charge in [-0.1, -0.05) is 41.8 Å². The molecule has 1 nitrogen and oxygen atoms in total. The monoisotopic (exact) mass is 355 g/mol. The van der Waals surface area contributed by atoms with Crippen LogP contribution in [-0.2, 0) is 0 Å². The van der Waals surface area contributed by atoms with Crippen LogP contribution in [0.25, 0.3) is 0 Å². The molecule has 1 rings (SSSR count). The van der Waals surface area contributed by atoms with Gasteiger partial charge in [0, 0.05) is 21.2 Å². The zero-order valence-electron chi connectivity index (χ0n) is 12.4. The minimum Gasteiger partial charge on any atom is -0.313 e. The first kappa shape index (κ1) is 17.8. The van der Waals surface area contributed by atoms with E-state index in [1.54, 1.807) is 0 Å². The van der Waals surface area contributed by atoms with Crippen molar-refractivity contribution in [2.24, 2.45) is 0 Å². The van der Waals surface area contributed by atoms with Crippen LogP contribution in [0.4, 0.5) is 0 Å². The summed E-state index contributed by atoms with van der Waals surface area (Å²) in [6.07, 6.45) is 8.35. The molecule has 0 amide bonds. The molecule has 1 atom stereocenters. The molecule has 0 radical (unpaired) electrons. The van der Waals surface area contributed by atoms with Crippen molar-refractivity contribution in [3.05, 3.63) is 41.4 Å². The summed E-state index contributed by atoms with van der Waals surface area (Å²) < 4.78 is 1.15. The number of hydrogen-bond acceptors (Lipinski definition) is 2. The molecule has 0 spiro atoms. The number of nitrogens with one attached hydrogen (secondary N) is 1. The number of unbranched alkanes of at least 4 members (excludes halogenated alkanes) is 3. The summed E-state index contributed by atoms with van der Waals surface area (Å²) in [5, 5.41) is 3.60. The molecule has 0 heterocycles. The van der Waals surface area contributed by atoms with Crippen molar-refractivity contribution < 1.29 is 0 Å². The Morgan fingerprint density at radius 3 is 2.65 bits per heavy atom. The van der Waals surface area contributed by atoms with E-state index in [2.05, 4.69) is 59.0 Å². The molecule has 0 aliphatic rings. The average molecular weight is 356 g/mol. The van der Waals surface area contributed by atoms with Gasteiger partial charge in [-0.25, -0.2) is 0 Å². The fourth-order valence-corrected chi connectivity index (χ4v) is 3.39. The number of hydrogen-bond donors (Lipinski definition) is 1. The van der Waals surface area contributed by atoms with Gasteiger partial charge in [-0.05, 0) is 50.1 Å². The van der Waals surface area contributed by atoms with Crippen molar-refractivity contribution >= 4 is 27.7 Å². The maximum absolute atomic E-state index is 3.77. The van der Waals surface area contributed by atoms with Crippen molar-refractivity contribution in [1.29, 1.82) is 0 Å². The summed E-state index contributed by atoms with van der Waals surface area (Å²) in [5.41, 5.74) is 0. The van der Waals surface area contributed by atoms with Crippen LogP contribution < -0.4 is 5.32 Å². The second-order valence-electron chi connectivity index (χ2n) is 4.95. The molecular weight excluding hydrogens is 330 g/mol. The molecule has 3 heteroatoms. The molecule has 1 unspecified atom stereocenters. The second-order valence-corrected chi connectivity index (χ2v) is 6.96. The van der Waals surface area contributed by atoms with Gasteiger partial charge in [-0.2, -0.15) is 0 Å². The molecule has 1 N–H and O–H groups in total. The van der Waals surface area contributed by atoms with Crippen molar-refractivity contribution in [2.75, 3.05) is 12.3 Å². The summed E-state index contributed by atoms with van der Waals surface area (Å²) in [6.45, 7) is 7.02. The van der Waals surface area contributed by atoms with E-state index in [1.165, 1.54) is 30.6 Å². The zero-order valence-corrected chi connectivity index (χ0v) is 14.8. The Morgan fingerprint density at radius 1 is 1.25 bits per heavy atom. The zero-order chi connectivity index (χ0) is 14.6. The molecule has 0 aromatic heterocycles. The van der Waals surface area contributed by atoms with E-state index in [4.69, 9.17) is 0 Å². The Hall–Kier alpha value is -0.250. The Kier molecular flexibility index (Phi) is 10.2. The standard InChI is InChI=1S/C17H26BrNS/c1-3-5-6-7-8-9-16(19-4-2)14-20-17-12-10-15(18)11-13-17/h3,10-13,16,19H,1,4-9,14H2,2H3. The summed E-state index contributed by atoms with van der Waals surface area (Å²) >= 11 is 5.42. The average Bonchev–Trinajstić information content (AvgIpc) is 2.46. The van der Waals surface area contributed by atoms with Gasteiger partial charge in [0.15, 0.2) is 0 Å². The van der Waals surface area contributed by atoms with Crippen LogP contribution in [-0.4, -0.2) is 18.3 Å². The van der Waals surface area contributed by atoms with Gasteiger partial charge in [0.05, 0.1) is 0 Å². The fraction of sp³-hybridized carbons (Fsp3) is 0.529. The van der Waals surface area contributed by atoms with Crippen molar-refractivity contribution in [3.63, 3.8) is 0 Å². The molecule has 1 aromatic rings. The Bertz CT molecular complexity index is 364. The molecule has 0 saturated carbocycles. The van der Waals surface area contributed by atoms with Crippen LogP contribution in [0.1, 0.15) is 39.0 Å². The third kappa shape index (κ3) is 8.13. The Morgan fingerprint density at radius 2 is 2.00 bits per heavy atom. The predicted molar refractivity (Wildman–Crippen MR) is 95.6 cm³/mol. The summed E-state index contributed by atoms with van der Waals surface area (Å²) in [4.78, 5) is 1.35. The number of rotatable bonds is 11. The van der Waals surface area contributed by atoms with Crippen LogP contribution in [0.3, 0.4) is 0 Å². The normalized spacial score (nSPS) is 12.3. The van der Waals surface area contributed by atoms with Gasteiger partial charge >= 0.3 is 0 Å². The third-order valence-corrected chi connectivity index (χ3v) is 4.92. The Balaban J connectivity index is 2.27. The molecule has 0 bridgehead atoms. The van der Waals surface area contributed by atoms with Gasteiger partial charge in [-0.15, -0.1) is 18.3 Å². The lowest BCUT2D eigenvalue weighted by atomic mass is 10.1. The minimum atomic E-state index is 0.623. The summed E-state index contributed by atoms with van der Waals surface area (Å²) in [7, 11) is 0. The fourth-order valence-electron chi connectivity index (χ4n) is 2.12. The first-order chi connectivity index (χ1) is 9.76. The smallest absolute Gasteiger partial charge is 0.0176 e. The maximum Gasteiger partial charge on any atom is 0.0176 e. The topological polar surface area (TPSA) is 12.0 Å². The molecule has 0 aliphatic carbocycles. The highest BCUT2D eigenvalue weighted by atomic mass is 79.9. The van der Waals surface area contributed by atoms with Gasteiger partial charge in [0.2, 0.25) is 0 Å². The van der Waals surface area contributed by atoms with Crippen LogP contribution >= 0.6 is 27.7 Å². The van der Waals surface area contributed by atoms with E-state index in [-0.39, 0.29) is 0 Å². The summed E-state index contributed by atoms with van der Waals surface area (Å²) in [5.74, 6) is 1.15. The summed E-state index contributed by atoms with van der Waals surface area (Å²) in [6, 6.07) is 9.21. The molecule has 20 heavy (non-hydrogen) atoms. The number of allylic oxidation sites excluding steroid dienone is 1. The molecular formula is C17H26BrNS. The highest BCUT2D eigenvalue weighted by Gasteiger charge is 2.07. The molecule has 1 aromatic carbocycles. The van der Waals surface area contributed by atoms with Gasteiger partial charge < -0.3 is 5.32 Å². The van der Waals surface area contributed by atoms with E-state index in [0.717, 1.165) is 23.2 Å². The van der Waals surface area contributed by atoms with Crippen molar-refractivity contribution in [1.82, 2.24) is 5.32 Å². The van der Waals surface area contributed by atoms with Crippen LogP contribution in [0.5, 0.6) is 0 Å². The minimum absolute atomic E-state index is 0.623. The van der Waals surface area contributed by atoms with Crippen molar-refractivity contribution in [3.8, 4) is 0 Å². The maximum atomic E-state index is 3.77. The lowest BCUT2D eigenvalue weighted by Gasteiger charge is -2.17. The number of benzene rings is 1. The first-order valence-corrected chi connectivity index (χ1v) is 9.26. The Labute approximate surface area is 136 Å². The van der Waals surface area contributed by atoms with Gasteiger partial charge in [-0.3, -0.25) is 0 Å². The van der Waals surface area contributed by atoms with Gasteiger partial charge in [0.1, 0.15) is 0 Å². The molecule has 0 aliphatic heterocycles. The van der Waals surface area contributed by atoms with Crippen LogP contribution in [0.15, 0.2) is 46.3 Å². The largest absolute Gasteiger partial charge is 0.313 e. The van der Waals surface area contributed by atoms with E-state index >= 15 is 0 Å². The lowest BCUT2D eigenvalue weighted by Crippen LogP contribution is -2.31. The van der Waals surface area contributed by atoms with E-state index in [0.29, 0.717) is 6.04 Å². The third-order valence-electron chi connectivity index (χ3n) is 3.22. The molecule has 0 fully saturated rings. The second kappa shape index (κ2) is 11.4. The van der Waals surface area contributed by atoms with Crippen LogP contribution in [0.2, 0.25) is 0 Å². The van der Waals surface area contributed by atoms with E-state index < -0.39 is 0 Å². The predicted octanol–water partition coefficient (Wildman–Crippen LogP) is 5.66. The lowest BCUT2D eigenvalue weighted by molar-refractivity contribution is 0.502. The molecule has 112 valence electrons. The highest BCUT2D eigenvalue weighted by molar-refractivity contribution is 9.10. The van der Waals surface area contributed by atoms with E-state index in [9.17, 15) is 0 Å². The van der Waals surface area contributed by atoms with Crippen LogP contribution in [0, 0.1) is 0 Å². The highest BCUT2D eigenvalue weighted by Crippen LogP contribution is 2.22. The van der Waals surface area contributed by atoms with Gasteiger partial charge in [0.25, 0.3) is 0 Å².